The van der Waals surface area contributed by atoms with E-state index in [0.29, 0.717) is 23.2 Å². The summed E-state index contributed by atoms with van der Waals surface area (Å²) in [7, 11) is -2.80. The molecular formula is C32H34N2O2Si. The molecule has 4 aromatic rings. The van der Waals surface area contributed by atoms with E-state index in [1.807, 2.05) is 97.1 Å². The minimum atomic E-state index is -2.80. The smallest absolute Gasteiger partial charge is 0.251 e. The van der Waals surface area contributed by atoms with Gasteiger partial charge in [0.1, 0.15) is 0 Å². The Balaban J connectivity index is 1.83. The maximum absolute atomic E-state index is 13.5. The molecule has 4 aromatic carbocycles. The second-order valence-corrected chi connectivity index (χ2v) is 13.9. The van der Waals surface area contributed by atoms with Crippen molar-refractivity contribution in [3.63, 3.8) is 0 Å². The number of hydrogen-bond donors (Lipinski definition) is 2. The van der Waals surface area contributed by atoms with E-state index >= 15 is 0 Å². The van der Waals surface area contributed by atoms with Crippen molar-refractivity contribution in [2.75, 3.05) is 6.17 Å². The fraction of sp³-hybridized carbons (Fsp3) is 0.188. The average Bonchev–Trinajstić information content (AvgIpc) is 2.95. The first-order valence-corrected chi connectivity index (χ1v) is 15.1. The molecule has 188 valence electrons. The Morgan fingerprint density at radius 1 is 0.622 bits per heavy atom. The van der Waals surface area contributed by atoms with Crippen LogP contribution in [0.3, 0.4) is 0 Å². The molecule has 0 saturated carbocycles. The zero-order chi connectivity index (χ0) is 26.1. The van der Waals surface area contributed by atoms with Gasteiger partial charge in [0.05, 0.1) is 0 Å². The van der Waals surface area contributed by atoms with Crippen LogP contribution >= 0.6 is 0 Å². The topological polar surface area (TPSA) is 58.2 Å². The summed E-state index contributed by atoms with van der Waals surface area (Å²) in [5.41, 5.74) is 1.11. The van der Waals surface area contributed by atoms with Crippen molar-refractivity contribution >= 4 is 30.3 Å². The monoisotopic (exact) mass is 506 g/mol. The molecule has 1 unspecified atom stereocenters. The maximum atomic E-state index is 13.5. The Kier molecular flexibility index (Phi) is 8.70. The SMILES string of the molecule is CC(C)CC(NC(=O)c1ccccc1)[Si](CNC(=O)c1ccccc1)(c1ccccc1)c1ccccc1. The minimum Gasteiger partial charge on any atom is -0.354 e. The first-order valence-electron chi connectivity index (χ1n) is 12.8. The average molecular weight is 507 g/mol. The molecule has 2 amide bonds. The zero-order valence-corrected chi connectivity index (χ0v) is 22.4. The molecule has 0 aliphatic rings. The maximum Gasteiger partial charge on any atom is 0.251 e. The van der Waals surface area contributed by atoms with Gasteiger partial charge in [-0.15, -0.1) is 0 Å². The molecule has 0 radical (unpaired) electrons. The van der Waals surface area contributed by atoms with Crippen molar-refractivity contribution in [1.82, 2.24) is 10.6 Å². The molecule has 4 nitrogen and oxygen atoms in total. The summed E-state index contributed by atoms with van der Waals surface area (Å²) >= 11 is 0. The van der Waals surface area contributed by atoms with Gasteiger partial charge in [-0.25, -0.2) is 0 Å². The lowest BCUT2D eigenvalue weighted by molar-refractivity contribution is 0.0944. The number of rotatable bonds is 10. The highest BCUT2D eigenvalue weighted by Crippen LogP contribution is 2.19. The number of amides is 2. The number of benzene rings is 4. The fourth-order valence-corrected chi connectivity index (χ4v) is 10.0. The third kappa shape index (κ3) is 6.24. The molecule has 0 aliphatic carbocycles. The molecule has 0 spiro atoms. The predicted molar refractivity (Wildman–Crippen MR) is 154 cm³/mol. The highest BCUT2D eigenvalue weighted by Gasteiger charge is 2.46. The van der Waals surface area contributed by atoms with Gasteiger partial charge in [0.15, 0.2) is 8.07 Å². The van der Waals surface area contributed by atoms with Crippen molar-refractivity contribution in [3.05, 3.63) is 132 Å². The van der Waals surface area contributed by atoms with E-state index < -0.39 is 8.07 Å². The summed E-state index contributed by atoms with van der Waals surface area (Å²) in [6.07, 6.45) is 1.25. The predicted octanol–water partition coefficient (Wildman–Crippen LogP) is 4.60. The van der Waals surface area contributed by atoms with Crippen LogP contribution in [-0.4, -0.2) is 31.7 Å². The lowest BCUT2D eigenvalue weighted by Gasteiger charge is -2.41. The second-order valence-electron chi connectivity index (χ2n) is 9.77. The number of hydrogen-bond acceptors (Lipinski definition) is 2. The molecule has 0 aliphatic heterocycles. The van der Waals surface area contributed by atoms with Crippen LogP contribution in [0.15, 0.2) is 121 Å². The van der Waals surface area contributed by atoms with Gasteiger partial charge >= 0.3 is 0 Å². The van der Waals surface area contributed by atoms with E-state index in [-0.39, 0.29) is 17.5 Å². The van der Waals surface area contributed by atoms with E-state index in [1.165, 1.54) is 10.4 Å². The van der Waals surface area contributed by atoms with Crippen LogP contribution in [0.4, 0.5) is 0 Å². The lowest BCUT2D eigenvalue weighted by atomic mass is 10.1. The third-order valence-electron chi connectivity index (χ3n) is 6.78. The Morgan fingerprint density at radius 2 is 1.03 bits per heavy atom. The molecule has 0 fully saturated rings. The van der Waals surface area contributed by atoms with Gasteiger partial charge in [-0.3, -0.25) is 9.59 Å². The number of carbonyl (C=O) groups is 2. The van der Waals surface area contributed by atoms with Crippen LogP contribution in [0, 0.1) is 5.92 Å². The van der Waals surface area contributed by atoms with E-state index in [2.05, 4.69) is 48.7 Å². The quantitative estimate of drug-likeness (QED) is 0.309. The Morgan fingerprint density at radius 3 is 1.46 bits per heavy atom. The molecule has 0 bridgehead atoms. The normalized spacial score (nSPS) is 12.1. The third-order valence-corrected chi connectivity index (χ3v) is 11.8. The molecule has 4 rings (SSSR count). The fourth-order valence-electron chi connectivity index (χ4n) is 4.96. The van der Waals surface area contributed by atoms with Gasteiger partial charge in [0, 0.05) is 23.0 Å². The van der Waals surface area contributed by atoms with Crippen LogP contribution in [0.5, 0.6) is 0 Å². The molecule has 37 heavy (non-hydrogen) atoms. The summed E-state index contributed by atoms with van der Waals surface area (Å²) in [4.78, 5) is 26.8. The van der Waals surface area contributed by atoms with Gasteiger partial charge in [-0.2, -0.15) is 0 Å². The number of carbonyl (C=O) groups excluding carboxylic acids is 2. The Hall–Kier alpha value is -3.96. The number of nitrogens with one attached hydrogen (secondary N) is 2. The summed E-state index contributed by atoms with van der Waals surface area (Å²) in [5.74, 6) is 0.136. The van der Waals surface area contributed by atoms with Gasteiger partial charge in [0.2, 0.25) is 0 Å². The molecular weight excluding hydrogens is 472 g/mol. The lowest BCUT2D eigenvalue weighted by Crippen LogP contribution is -2.76. The van der Waals surface area contributed by atoms with Crippen LogP contribution in [0.2, 0.25) is 0 Å². The van der Waals surface area contributed by atoms with Crippen molar-refractivity contribution < 1.29 is 9.59 Å². The second kappa shape index (κ2) is 12.3. The van der Waals surface area contributed by atoms with Crippen molar-refractivity contribution in [1.29, 1.82) is 0 Å². The van der Waals surface area contributed by atoms with Gasteiger partial charge < -0.3 is 10.6 Å². The highest BCUT2D eigenvalue weighted by molar-refractivity contribution is 7.03. The summed E-state index contributed by atoms with van der Waals surface area (Å²) in [6, 6.07) is 39.4. The van der Waals surface area contributed by atoms with Crippen molar-refractivity contribution in [2.24, 2.45) is 5.92 Å². The summed E-state index contributed by atoms with van der Waals surface area (Å²) in [6.45, 7) is 4.36. The van der Waals surface area contributed by atoms with Crippen LogP contribution in [0.1, 0.15) is 41.0 Å². The Bertz CT molecular complexity index is 1240. The highest BCUT2D eigenvalue weighted by atomic mass is 28.3. The van der Waals surface area contributed by atoms with Crippen molar-refractivity contribution in [2.45, 2.75) is 25.9 Å². The minimum absolute atomic E-state index is 0.0932. The van der Waals surface area contributed by atoms with Gasteiger partial charge in [-0.05, 0) is 36.6 Å². The van der Waals surface area contributed by atoms with E-state index in [9.17, 15) is 9.59 Å². The zero-order valence-electron chi connectivity index (χ0n) is 21.4. The van der Waals surface area contributed by atoms with Crippen LogP contribution in [-0.2, 0) is 0 Å². The van der Waals surface area contributed by atoms with E-state index in [1.54, 1.807) is 0 Å². The molecule has 0 saturated heterocycles. The van der Waals surface area contributed by atoms with Crippen LogP contribution < -0.4 is 21.0 Å². The van der Waals surface area contributed by atoms with Crippen LogP contribution in [0.25, 0.3) is 0 Å². The van der Waals surface area contributed by atoms with E-state index in [4.69, 9.17) is 0 Å². The first kappa shape index (κ1) is 26.1. The van der Waals surface area contributed by atoms with E-state index in [0.717, 1.165) is 6.42 Å². The standard InChI is InChI=1S/C32H34N2O2Si/c1-25(2)23-30(34-32(36)27-17-9-4-10-18-27)37(28-19-11-5-12-20-28,29-21-13-6-14-22-29)24-33-31(35)26-15-7-3-8-16-26/h3-22,25,30H,23-24H2,1-2H3,(H,33,35)(H,34,36). The molecule has 5 heteroatoms. The Labute approximate surface area is 220 Å². The molecule has 2 N–H and O–H groups in total. The van der Waals surface area contributed by atoms with Gasteiger partial charge in [0.25, 0.3) is 11.8 Å². The molecule has 0 aromatic heterocycles. The summed E-state index contributed by atoms with van der Waals surface area (Å²) in [5, 5.41) is 9.06. The van der Waals surface area contributed by atoms with Gasteiger partial charge in [-0.1, -0.05) is 121 Å². The molecule has 1 atom stereocenters. The first-order chi connectivity index (χ1) is 18.0. The summed E-state index contributed by atoms with van der Waals surface area (Å²) < 4.78 is 0. The molecule has 0 heterocycles. The largest absolute Gasteiger partial charge is 0.354 e. The van der Waals surface area contributed by atoms with Crippen molar-refractivity contribution in [3.8, 4) is 0 Å².